The van der Waals surface area contributed by atoms with Gasteiger partial charge in [0, 0.05) is 19.5 Å². The second-order valence-corrected chi connectivity index (χ2v) is 3.82. The molecule has 0 rings (SSSR count). The Morgan fingerprint density at radius 3 is 2.42 bits per heavy atom. The Morgan fingerprint density at radius 1 is 1.42 bits per heavy atom. The molecule has 0 radical (unpaired) electrons. The van der Waals surface area contributed by atoms with Crippen LogP contribution in [0.4, 0.5) is 0 Å². The minimum atomic E-state index is 0.0496. The fourth-order valence-corrected chi connectivity index (χ4v) is 1.24. The highest BCUT2D eigenvalue weighted by Crippen LogP contribution is 2.18. The predicted octanol–water partition coefficient (Wildman–Crippen LogP) is 0.758. The first-order valence-electron chi connectivity index (χ1n) is 4.43. The van der Waals surface area contributed by atoms with Crippen LogP contribution < -0.4 is 10.6 Å². The molecule has 0 aliphatic heterocycles. The van der Waals surface area contributed by atoms with Gasteiger partial charge < -0.3 is 10.6 Å². The van der Waals surface area contributed by atoms with Gasteiger partial charge in [-0.2, -0.15) is 0 Å². The van der Waals surface area contributed by atoms with E-state index in [2.05, 4.69) is 24.5 Å². The van der Waals surface area contributed by atoms with Crippen molar-refractivity contribution in [2.45, 2.75) is 27.2 Å². The Morgan fingerprint density at radius 2 is 2.00 bits per heavy atom. The van der Waals surface area contributed by atoms with E-state index >= 15 is 0 Å². The average Bonchev–Trinajstić information content (AvgIpc) is 1.85. The Labute approximate surface area is 74.9 Å². The lowest BCUT2D eigenvalue weighted by atomic mass is 9.89. The zero-order chi connectivity index (χ0) is 9.61. The molecule has 3 nitrogen and oxygen atoms in total. The molecule has 12 heavy (non-hydrogen) atoms. The Balaban J connectivity index is 3.79. The lowest BCUT2D eigenvalue weighted by Crippen LogP contribution is -2.34. The van der Waals surface area contributed by atoms with Gasteiger partial charge in [-0.15, -0.1) is 0 Å². The molecule has 1 amide bonds. The first kappa shape index (κ1) is 11.4. The highest BCUT2D eigenvalue weighted by molar-refractivity contribution is 5.76. The van der Waals surface area contributed by atoms with Gasteiger partial charge in [0.1, 0.15) is 0 Å². The number of amides is 1. The highest BCUT2D eigenvalue weighted by atomic mass is 16.1. The Bertz CT molecular complexity index is 143. The summed E-state index contributed by atoms with van der Waals surface area (Å²) < 4.78 is 0. The van der Waals surface area contributed by atoms with Crippen molar-refractivity contribution < 1.29 is 4.79 Å². The Hall–Kier alpha value is -0.570. The molecule has 3 heteroatoms. The van der Waals surface area contributed by atoms with Crippen LogP contribution in [0, 0.1) is 5.41 Å². The standard InChI is InChI=1S/C9H20N2O/c1-5-11-8(12)6-9(2,3)7-10-4/h10H,5-7H2,1-4H3,(H,11,12). The van der Waals surface area contributed by atoms with Crippen LogP contribution in [0.15, 0.2) is 0 Å². The molecule has 0 aromatic heterocycles. The molecular formula is C9H20N2O. The first-order chi connectivity index (χ1) is 5.52. The fraction of sp³-hybridized carbons (Fsp3) is 0.889. The molecular weight excluding hydrogens is 152 g/mol. The third kappa shape index (κ3) is 5.13. The average molecular weight is 172 g/mol. The van der Waals surface area contributed by atoms with E-state index in [-0.39, 0.29) is 11.3 Å². The summed E-state index contributed by atoms with van der Waals surface area (Å²) >= 11 is 0. The summed E-state index contributed by atoms with van der Waals surface area (Å²) in [5.74, 6) is 0.137. The van der Waals surface area contributed by atoms with E-state index in [4.69, 9.17) is 0 Å². The van der Waals surface area contributed by atoms with Crippen molar-refractivity contribution in [1.82, 2.24) is 10.6 Å². The lowest BCUT2D eigenvalue weighted by Gasteiger charge is -2.23. The molecule has 0 aromatic carbocycles. The van der Waals surface area contributed by atoms with E-state index in [1.807, 2.05) is 14.0 Å². The molecule has 0 unspecified atom stereocenters. The van der Waals surface area contributed by atoms with Crippen molar-refractivity contribution in [3.8, 4) is 0 Å². The van der Waals surface area contributed by atoms with E-state index in [1.165, 1.54) is 0 Å². The zero-order valence-electron chi connectivity index (χ0n) is 8.53. The highest BCUT2D eigenvalue weighted by Gasteiger charge is 2.20. The summed E-state index contributed by atoms with van der Waals surface area (Å²) in [4.78, 5) is 11.2. The quantitative estimate of drug-likeness (QED) is 0.643. The number of carbonyl (C=O) groups is 1. The molecule has 0 spiro atoms. The second-order valence-electron chi connectivity index (χ2n) is 3.82. The SMILES string of the molecule is CCNC(=O)CC(C)(C)CNC. The van der Waals surface area contributed by atoms with Gasteiger partial charge in [0.15, 0.2) is 0 Å². The molecule has 72 valence electrons. The van der Waals surface area contributed by atoms with Gasteiger partial charge >= 0.3 is 0 Å². The molecule has 0 heterocycles. The third-order valence-electron chi connectivity index (χ3n) is 1.67. The smallest absolute Gasteiger partial charge is 0.220 e. The minimum absolute atomic E-state index is 0.0496. The number of rotatable bonds is 5. The molecule has 0 bridgehead atoms. The van der Waals surface area contributed by atoms with Crippen LogP contribution in [-0.2, 0) is 4.79 Å². The van der Waals surface area contributed by atoms with Crippen molar-refractivity contribution in [1.29, 1.82) is 0 Å². The number of carbonyl (C=O) groups excluding carboxylic acids is 1. The maximum Gasteiger partial charge on any atom is 0.220 e. The van der Waals surface area contributed by atoms with Crippen LogP contribution in [0.2, 0.25) is 0 Å². The summed E-state index contributed by atoms with van der Waals surface area (Å²) in [5.41, 5.74) is 0.0496. The monoisotopic (exact) mass is 172 g/mol. The lowest BCUT2D eigenvalue weighted by molar-refractivity contribution is -0.122. The van der Waals surface area contributed by atoms with Gasteiger partial charge in [-0.1, -0.05) is 13.8 Å². The van der Waals surface area contributed by atoms with Crippen LogP contribution in [0.25, 0.3) is 0 Å². The second kappa shape index (κ2) is 5.14. The van der Waals surface area contributed by atoms with Crippen LogP contribution in [0.3, 0.4) is 0 Å². The van der Waals surface area contributed by atoms with E-state index in [0.717, 1.165) is 6.54 Å². The Kier molecular flexibility index (Phi) is 4.90. The molecule has 2 N–H and O–H groups in total. The van der Waals surface area contributed by atoms with Crippen LogP contribution in [-0.4, -0.2) is 26.0 Å². The van der Waals surface area contributed by atoms with Crippen molar-refractivity contribution in [3.05, 3.63) is 0 Å². The van der Waals surface area contributed by atoms with Crippen molar-refractivity contribution in [2.24, 2.45) is 5.41 Å². The summed E-state index contributed by atoms with van der Waals surface area (Å²) in [6, 6.07) is 0. The molecule has 0 aliphatic carbocycles. The van der Waals surface area contributed by atoms with E-state index in [9.17, 15) is 4.79 Å². The van der Waals surface area contributed by atoms with Gasteiger partial charge in [-0.05, 0) is 19.4 Å². The number of hydrogen-bond acceptors (Lipinski definition) is 2. The van der Waals surface area contributed by atoms with Gasteiger partial charge in [-0.25, -0.2) is 0 Å². The maximum absolute atomic E-state index is 11.2. The largest absolute Gasteiger partial charge is 0.356 e. The van der Waals surface area contributed by atoms with Gasteiger partial charge in [0.25, 0.3) is 0 Å². The molecule has 0 fully saturated rings. The molecule has 0 aliphatic rings. The van der Waals surface area contributed by atoms with Crippen molar-refractivity contribution in [3.63, 3.8) is 0 Å². The van der Waals surface area contributed by atoms with Gasteiger partial charge in [0.05, 0.1) is 0 Å². The fourth-order valence-electron chi connectivity index (χ4n) is 1.24. The molecule has 0 atom stereocenters. The van der Waals surface area contributed by atoms with E-state index < -0.39 is 0 Å². The third-order valence-corrected chi connectivity index (χ3v) is 1.67. The molecule has 0 saturated heterocycles. The molecule has 0 saturated carbocycles. The van der Waals surface area contributed by atoms with Crippen molar-refractivity contribution >= 4 is 5.91 Å². The summed E-state index contributed by atoms with van der Waals surface area (Å²) in [6.07, 6.45) is 0.585. The summed E-state index contributed by atoms with van der Waals surface area (Å²) in [7, 11) is 1.90. The zero-order valence-corrected chi connectivity index (χ0v) is 8.53. The van der Waals surface area contributed by atoms with Gasteiger partial charge in [-0.3, -0.25) is 4.79 Å². The normalized spacial score (nSPS) is 11.3. The van der Waals surface area contributed by atoms with Crippen LogP contribution in [0.1, 0.15) is 27.2 Å². The van der Waals surface area contributed by atoms with Crippen LogP contribution >= 0.6 is 0 Å². The van der Waals surface area contributed by atoms with Gasteiger partial charge in [0.2, 0.25) is 5.91 Å². The van der Waals surface area contributed by atoms with Crippen molar-refractivity contribution in [2.75, 3.05) is 20.1 Å². The predicted molar refractivity (Wildman–Crippen MR) is 51.0 cm³/mol. The summed E-state index contributed by atoms with van der Waals surface area (Å²) in [6.45, 7) is 7.68. The van der Waals surface area contributed by atoms with E-state index in [1.54, 1.807) is 0 Å². The number of hydrogen-bond donors (Lipinski definition) is 2. The van der Waals surface area contributed by atoms with Crippen LogP contribution in [0.5, 0.6) is 0 Å². The topological polar surface area (TPSA) is 41.1 Å². The molecule has 0 aromatic rings. The first-order valence-corrected chi connectivity index (χ1v) is 4.43. The maximum atomic E-state index is 11.2. The van der Waals surface area contributed by atoms with E-state index in [0.29, 0.717) is 13.0 Å². The summed E-state index contributed by atoms with van der Waals surface area (Å²) in [5, 5.41) is 5.87. The minimum Gasteiger partial charge on any atom is -0.356 e. The number of nitrogens with one attached hydrogen (secondary N) is 2.